The molecule has 0 aliphatic rings. The highest BCUT2D eigenvalue weighted by atomic mass is 19.1. The Balaban J connectivity index is 2.54. The highest BCUT2D eigenvalue weighted by molar-refractivity contribution is 6.02. The number of likely N-dealkylation sites (N-methyl/N-ethyl adjacent to an activating group) is 1. The van der Waals surface area contributed by atoms with E-state index in [1.165, 1.54) is 6.07 Å². The van der Waals surface area contributed by atoms with Gasteiger partial charge in [-0.15, -0.1) is 0 Å². The van der Waals surface area contributed by atoms with E-state index in [2.05, 4.69) is 9.73 Å². The zero-order valence-electron chi connectivity index (χ0n) is 9.38. The number of Topliss-reactive ketones (excluding diaryl/α,β-unsaturated/α-hetero) is 1. The molecular formula is C12H11F2NO2. The summed E-state index contributed by atoms with van der Waals surface area (Å²) in [4.78, 5) is 11.8. The number of benzene rings is 1. The summed E-state index contributed by atoms with van der Waals surface area (Å²) in [5.74, 6) is -1.09. The molecule has 1 N–H and O–H groups in total. The number of carbonyl (C=O) groups excluding carboxylic acids is 1. The number of hydrogen-bond acceptors (Lipinski definition) is 3. The summed E-state index contributed by atoms with van der Waals surface area (Å²) in [6.45, 7) is 1.63. The molecule has 0 fully saturated rings. The van der Waals surface area contributed by atoms with Gasteiger partial charge in [0.15, 0.2) is 5.78 Å². The first-order valence-electron chi connectivity index (χ1n) is 5.13. The SMILES string of the molecule is CN[C@H](C)C(=O)c1cc2cc(F)oc2cc1F. The second-order valence-corrected chi connectivity index (χ2v) is 3.80. The lowest BCUT2D eigenvalue weighted by atomic mass is 10.0. The minimum Gasteiger partial charge on any atom is -0.431 e. The first kappa shape index (κ1) is 11.7. The van der Waals surface area contributed by atoms with Crippen LogP contribution in [0.1, 0.15) is 17.3 Å². The molecular weight excluding hydrogens is 228 g/mol. The van der Waals surface area contributed by atoms with Gasteiger partial charge < -0.3 is 9.73 Å². The van der Waals surface area contributed by atoms with Crippen molar-refractivity contribution < 1.29 is 18.0 Å². The molecule has 0 spiro atoms. The third-order valence-electron chi connectivity index (χ3n) is 2.67. The minimum absolute atomic E-state index is 0.0693. The molecule has 1 aromatic heterocycles. The van der Waals surface area contributed by atoms with E-state index >= 15 is 0 Å². The van der Waals surface area contributed by atoms with Gasteiger partial charge in [0, 0.05) is 17.5 Å². The molecule has 2 rings (SSSR count). The van der Waals surface area contributed by atoms with Crippen molar-refractivity contribution in [2.45, 2.75) is 13.0 Å². The quantitative estimate of drug-likeness (QED) is 0.837. The van der Waals surface area contributed by atoms with Crippen LogP contribution in [0, 0.1) is 11.8 Å². The van der Waals surface area contributed by atoms with Crippen molar-refractivity contribution in [2.24, 2.45) is 0 Å². The summed E-state index contributed by atoms with van der Waals surface area (Å²) < 4.78 is 31.1. The van der Waals surface area contributed by atoms with E-state index in [4.69, 9.17) is 0 Å². The van der Waals surface area contributed by atoms with E-state index in [-0.39, 0.29) is 16.9 Å². The summed E-state index contributed by atoms with van der Waals surface area (Å²) in [5, 5.41) is 3.10. The standard InChI is InChI=1S/C12H11F2NO2/c1-6(15-2)12(16)8-3-7-4-11(14)17-10(7)5-9(8)13/h3-6,15H,1-2H3/t6-/m1/s1. The van der Waals surface area contributed by atoms with Gasteiger partial charge in [-0.25, -0.2) is 4.39 Å². The van der Waals surface area contributed by atoms with Gasteiger partial charge in [0.1, 0.15) is 11.4 Å². The fourth-order valence-corrected chi connectivity index (χ4v) is 1.58. The van der Waals surface area contributed by atoms with E-state index in [9.17, 15) is 13.6 Å². The van der Waals surface area contributed by atoms with E-state index in [0.717, 1.165) is 12.1 Å². The van der Waals surface area contributed by atoms with Crippen molar-refractivity contribution in [1.29, 1.82) is 0 Å². The van der Waals surface area contributed by atoms with Crippen LogP contribution in [-0.2, 0) is 0 Å². The molecule has 0 unspecified atom stereocenters. The van der Waals surface area contributed by atoms with Gasteiger partial charge >= 0.3 is 0 Å². The third kappa shape index (κ3) is 2.06. The fraction of sp³-hybridized carbons (Fsp3) is 0.250. The van der Waals surface area contributed by atoms with Gasteiger partial charge in [0.05, 0.1) is 11.6 Å². The zero-order valence-corrected chi connectivity index (χ0v) is 9.38. The molecule has 5 heteroatoms. The topological polar surface area (TPSA) is 42.2 Å². The minimum atomic E-state index is -0.800. The lowest BCUT2D eigenvalue weighted by molar-refractivity contribution is 0.0951. The van der Waals surface area contributed by atoms with Crippen LogP contribution >= 0.6 is 0 Å². The Morgan fingerprint density at radius 3 is 2.71 bits per heavy atom. The van der Waals surface area contributed by atoms with Gasteiger partial charge in [0.25, 0.3) is 6.01 Å². The van der Waals surface area contributed by atoms with Crippen LogP contribution in [0.25, 0.3) is 11.0 Å². The summed E-state index contributed by atoms with van der Waals surface area (Å²) in [6.07, 6.45) is 0. The largest absolute Gasteiger partial charge is 0.431 e. The highest BCUT2D eigenvalue weighted by Gasteiger charge is 2.19. The smallest absolute Gasteiger partial charge is 0.278 e. The van der Waals surface area contributed by atoms with E-state index < -0.39 is 17.9 Å². The van der Waals surface area contributed by atoms with Crippen molar-refractivity contribution in [3.63, 3.8) is 0 Å². The molecule has 3 nitrogen and oxygen atoms in total. The van der Waals surface area contributed by atoms with Crippen LogP contribution in [0.3, 0.4) is 0 Å². The first-order chi connectivity index (χ1) is 8.02. The summed E-state index contributed by atoms with van der Waals surface area (Å²) in [5.41, 5.74) is 0.0220. The normalized spacial score (nSPS) is 12.9. The van der Waals surface area contributed by atoms with Crippen molar-refractivity contribution in [2.75, 3.05) is 7.05 Å². The fourth-order valence-electron chi connectivity index (χ4n) is 1.58. The van der Waals surface area contributed by atoms with E-state index in [1.807, 2.05) is 0 Å². The number of carbonyl (C=O) groups is 1. The predicted octanol–water partition coefficient (Wildman–Crippen LogP) is 2.50. The van der Waals surface area contributed by atoms with Crippen LogP contribution < -0.4 is 5.32 Å². The molecule has 0 amide bonds. The number of fused-ring (bicyclic) bond motifs is 1. The lowest BCUT2D eigenvalue weighted by Crippen LogP contribution is -2.31. The van der Waals surface area contributed by atoms with Crippen molar-refractivity contribution in [1.82, 2.24) is 5.32 Å². The number of nitrogens with one attached hydrogen (secondary N) is 1. The Bertz CT molecular complexity index is 577. The molecule has 0 aliphatic heterocycles. The van der Waals surface area contributed by atoms with Crippen molar-refractivity contribution >= 4 is 16.8 Å². The van der Waals surface area contributed by atoms with Gasteiger partial charge in [-0.2, -0.15) is 4.39 Å². The molecule has 1 atom stereocenters. The molecule has 1 heterocycles. The molecule has 90 valence electrons. The molecule has 0 bridgehead atoms. The number of furan rings is 1. The highest BCUT2D eigenvalue weighted by Crippen LogP contribution is 2.23. The lowest BCUT2D eigenvalue weighted by Gasteiger charge is -2.09. The zero-order chi connectivity index (χ0) is 12.6. The Labute approximate surface area is 96.4 Å². The average Bonchev–Trinajstić information content (AvgIpc) is 2.65. The number of halogens is 2. The Hall–Kier alpha value is -1.75. The second kappa shape index (κ2) is 4.25. The van der Waals surface area contributed by atoms with Gasteiger partial charge in [-0.05, 0) is 20.0 Å². The van der Waals surface area contributed by atoms with Crippen LogP contribution in [0.5, 0.6) is 0 Å². The van der Waals surface area contributed by atoms with Crippen molar-refractivity contribution in [3.05, 3.63) is 35.6 Å². The number of hydrogen-bond donors (Lipinski definition) is 1. The number of rotatable bonds is 3. The van der Waals surface area contributed by atoms with Gasteiger partial charge in [-0.1, -0.05) is 0 Å². The van der Waals surface area contributed by atoms with Crippen molar-refractivity contribution in [3.8, 4) is 0 Å². The molecule has 0 saturated carbocycles. The molecule has 1 aromatic carbocycles. The second-order valence-electron chi connectivity index (χ2n) is 3.80. The van der Waals surface area contributed by atoms with Crippen LogP contribution in [-0.4, -0.2) is 18.9 Å². The van der Waals surface area contributed by atoms with E-state index in [1.54, 1.807) is 14.0 Å². The van der Waals surface area contributed by atoms with Crippen LogP contribution in [0.2, 0.25) is 0 Å². The Morgan fingerprint density at radius 2 is 2.06 bits per heavy atom. The van der Waals surface area contributed by atoms with Crippen LogP contribution in [0.15, 0.2) is 22.6 Å². The summed E-state index contributed by atoms with van der Waals surface area (Å²) >= 11 is 0. The molecule has 17 heavy (non-hydrogen) atoms. The first-order valence-corrected chi connectivity index (χ1v) is 5.13. The Kier molecular flexibility index (Phi) is 2.93. The van der Waals surface area contributed by atoms with Crippen LogP contribution in [0.4, 0.5) is 8.78 Å². The molecule has 0 saturated heterocycles. The number of ketones is 1. The maximum absolute atomic E-state index is 13.6. The summed E-state index contributed by atoms with van der Waals surface area (Å²) in [6, 6.07) is 2.14. The Morgan fingerprint density at radius 1 is 1.35 bits per heavy atom. The average molecular weight is 239 g/mol. The maximum atomic E-state index is 13.6. The summed E-state index contributed by atoms with van der Waals surface area (Å²) in [7, 11) is 1.61. The molecule has 2 aromatic rings. The molecule has 0 aliphatic carbocycles. The molecule has 0 radical (unpaired) electrons. The predicted molar refractivity (Wildman–Crippen MR) is 59.0 cm³/mol. The van der Waals surface area contributed by atoms with Gasteiger partial charge in [0.2, 0.25) is 0 Å². The monoisotopic (exact) mass is 239 g/mol. The van der Waals surface area contributed by atoms with E-state index in [0.29, 0.717) is 5.39 Å². The third-order valence-corrected chi connectivity index (χ3v) is 2.67. The maximum Gasteiger partial charge on any atom is 0.278 e. The van der Waals surface area contributed by atoms with Gasteiger partial charge in [-0.3, -0.25) is 4.79 Å².